The molecule has 1 aliphatic rings. The molecule has 1 fully saturated rings. The van der Waals surface area contributed by atoms with Crippen molar-refractivity contribution in [3.05, 3.63) is 28.4 Å². The number of aromatic nitrogens is 3. The summed E-state index contributed by atoms with van der Waals surface area (Å²) in [5.41, 5.74) is -1.15. The third-order valence-electron chi connectivity index (χ3n) is 4.77. The highest BCUT2D eigenvalue weighted by Crippen LogP contribution is 2.18. The van der Waals surface area contributed by atoms with Gasteiger partial charge in [0.25, 0.3) is 0 Å². The number of hydrogen-bond donors (Lipinski definition) is 0. The first-order chi connectivity index (χ1) is 13.3. The smallest absolute Gasteiger partial charge is 0.360 e. The molecule has 1 aliphatic heterocycles. The maximum atomic E-state index is 12.7. The number of esters is 2. The minimum absolute atomic E-state index is 0.0230. The third-order valence-corrected chi connectivity index (χ3v) is 4.77. The molecule has 0 N–H and O–H groups in total. The van der Waals surface area contributed by atoms with Gasteiger partial charge in [-0.05, 0) is 18.8 Å². The monoisotopic (exact) mass is 390 g/mol. The first-order valence-electron chi connectivity index (χ1n) is 8.97. The van der Waals surface area contributed by atoms with Crippen molar-refractivity contribution in [3.8, 4) is 5.75 Å². The molecule has 0 radical (unpaired) electrons. The summed E-state index contributed by atoms with van der Waals surface area (Å²) in [6.07, 6.45) is 4.83. The number of imidazole rings is 1. The Morgan fingerprint density at radius 3 is 2.50 bits per heavy atom. The van der Waals surface area contributed by atoms with Gasteiger partial charge < -0.3 is 18.9 Å². The van der Waals surface area contributed by atoms with Crippen molar-refractivity contribution in [2.75, 3.05) is 20.2 Å². The van der Waals surface area contributed by atoms with Crippen LogP contribution in [-0.2, 0) is 20.9 Å². The van der Waals surface area contributed by atoms with E-state index in [9.17, 15) is 19.2 Å². The van der Waals surface area contributed by atoms with E-state index in [-0.39, 0.29) is 18.2 Å². The van der Waals surface area contributed by atoms with Crippen LogP contribution in [0.25, 0.3) is 5.78 Å². The van der Waals surface area contributed by atoms with Crippen molar-refractivity contribution in [2.45, 2.75) is 33.2 Å². The summed E-state index contributed by atoms with van der Waals surface area (Å²) in [6, 6.07) is 0. The number of carbonyl (C=O) groups is 3. The van der Waals surface area contributed by atoms with Gasteiger partial charge in [0.1, 0.15) is 6.54 Å². The van der Waals surface area contributed by atoms with Crippen LogP contribution in [0.4, 0.5) is 0 Å². The molecule has 0 saturated carbocycles. The Morgan fingerprint density at radius 1 is 1.21 bits per heavy atom. The molecule has 10 heteroatoms. The van der Waals surface area contributed by atoms with E-state index in [2.05, 4.69) is 16.6 Å². The van der Waals surface area contributed by atoms with Crippen molar-refractivity contribution in [1.29, 1.82) is 0 Å². The van der Waals surface area contributed by atoms with E-state index in [1.807, 2.05) is 0 Å². The first kappa shape index (κ1) is 19.6. The van der Waals surface area contributed by atoms with E-state index < -0.39 is 28.9 Å². The van der Waals surface area contributed by atoms with Crippen molar-refractivity contribution >= 4 is 23.6 Å². The third kappa shape index (κ3) is 3.75. The molecule has 3 heterocycles. The molecule has 0 unspecified atom stereocenters. The molecule has 3 rings (SSSR count). The highest BCUT2D eigenvalue weighted by molar-refractivity contribution is 5.91. The number of likely N-dealkylation sites (tertiary alicyclic amines) is 1. The summed E-state index contributed by atoms with van der Waals surface area (Å²) in [4.78, 5) is 54.5. The largest absolute Gasteiger partial charge is 0.464 e. The summed E-state index contributed by atoms with van der Waals surface area (Å²) >= 11 is 0. The number of hydrogen-bond acceptors (Lipinski definition) is 7. The Kier molecular flexibility index (Phi) is 5.48. The molecule has 0 bridgehead atoms. The molecule has 150 valence electrons. The fourth-order valence-electron chi connectivity index (χ4n) is 3.15. The van der Waals surface area contributed by atoms with Gasteiger partial charge in [-0.1, -0.05) is 6.92 Å². The first-order valence-corrected chi connectivity index (χ1v) is 8.97. The fourth-order valence-corrected chi connectivity index (χ4v) is 3.15. The van der Waals surface area contributed by atoms with Crippen LogP contribution in [-0.4, -0.2) is 56.9 Å². The molecule has 28 heavy (non-hydrogen) atoms. The molecule has 0 atom stereocenters. The Balaban J connectivity index is 1.98. The van der Waals surface area contributed by atoms with Crippen LogP contribution in [0.3, 0.4) is 0 Å². The Bertz CT molecular complexity index is 984. The van der Waals surface area contributed by atoms with Crippen LogP contribution in [0.15, 0.2) is 17.2 Å². The highest BCUT2D eigenvalue weighted by atomic mass is 16.5. The minimum atomic E-state index is -0.917. The van der Waals surface area contributed by atoms with Crippen LogP contribution in [0.1, 0.15) is 37.2 Å². The summed E-state index contributed by atoms with van der Waals surface area (Å²) < 4.78 is 12.1. The highest BCUT2D eigenvalue weighted by Gasteiger charge is 2.25. The lowest BCUT2D eigenvalue weighted by atomic mass is 9.99. The maximum absolute atomic E-state index is 12.7. The van der Waals surface area contributed by atoms with E-state index in [4.69, 9.17) is 4.74 Å². The number of methoxy groups -OCH3 is 1. The zero-order valence-corrected chi connectivity index (χ0v) is 16.0. The fraction of sp³-hybridized carbons (Fsp3) is 0.500. The lowest BCUT2D eigenvalue weighted by molar-refractivity contribution is -0.133. The van der Waals surface area contributed by atoms with E-state index in [1.165, 1.54) is 17.0 Å². The van der Waals surface area contributed by atoms with E-state index in [1.54, 1.807) is 4.90 Å². The van der Waals surface area contributed by atoms with Crippen LogP contribution in [0.5, 0.6) is 5.75 Å². The van der Waals surface area contributed by atoms with Gasteiger partial charge in [0, 0.05) is 32.4 Å². The number of piperidine rings is 1. The predicted molar refractivity (Wildman–Crippen MR) is 97.1 cm³/mol. The molecule has 2 aromatic heterocycles. The van der Waals surface area contributed by atoms with Gasteiger partial charge in [-0.15, -0.1) is 0 Å². The molecular formula is C18H22N4O6. The number of fused-ring (bicyclic) bond motifs is 1. The Hall–Kier alpha value is -3.17. The van der Waals surface area contributed by atoms with E-state index in [0.29, 0.717) is 19.0 Å². The van der Waals surface area contributed by atoms with Crippen molar-refractivity contribution in [2.24, 2.45) is 5.92 Å². The summed E-state index contributed by atoms with van der Waals surface area (Å²) in [5, 5.41) is 0. The van der Waals surface area contributed by atoms with Gasteiger partial charge in [0.05, 0.1) is 7.11 Å². The van der Waals surface area contributed by atoms with Gasteiger partial charge >= 0.3 is 17.5 Å². The molecule has 1 saturated heterocycles. The average molecular weight is 390 g/mol. The second kappa shape index (κ2) is 7.83. The Labute approximate surface area is 160 Å². The molecule has 0 spiro atoms. The number of nitrogens with zero attached hydrogens (tertiary/aromatic N) is 4. The zero-order chi connectivity index (χ0) is 20.4. The quantitative estimate of drug-likeness (QED) is 0.697. The normalized spacial score (nSPS) is 14.9. The van der Waals surface area contributed by atoms with Crippen molar-refractivity contribution < 1.29 is 23.9 Å². The lowest BCUT2D eigenvalue weighted by Gasteiger charge is -2.30. The zero-order valence-electron chi connectivity index (χ0n) is 16.0. The second-order valence-electron chi connectivity index (χ2n) is 6.84. The molecule has 2 aromatic rings. The van der Waals surface area contributed by atoms with Gasteiger partial charge in [-0.3, -0.25) is 14.4 Å². The summed E-state index contributed by atoms with van der Waals surface area (Å²) in [5.74, 6) is -1.61. The lowest BCUT2D eigenvalue weighted by Crippen LogP contribution is -2.39. The Morgan fingerprint density at radius 2 is 1.89 bits per heavy atom. The second-order valence-corrected chi connectivity index (χ2v) is 6.84. The van der Waals surface area contributed by atoms with Crippen LogP contribution in [0.2, 0.25) is 0 Å². The molecule has 10 nitrogen and oxygen atoms in total. The molecule has 0 aromatic carbocycles. The van der Waals surface area contributed by atoms with Crippen LogP contribution in [0, 0.1) is 5.92 Å². The summed E-state index contributed by atoms with van der Waals surface area (Å²) in [6.45, 7) is 4.63. The number of rotatable bonds is 4. The van der Waals surface area contributed by atoms with Gasteiger partial charge in [0.15, 0.2) is 0 Å². The molecule has 1 amide bonds. The summed E-state index contributed by atoms with van der Waals surface area (Å²) in [7, 11) is 1.13. The van der Waals surface area contributed by atoms with Crippen molar-refractivity contribution in [3.63, 3.8) is 0 Å². The molecular weight excluding hydrogens is 368 g/mol. The topological polar surface area (TPSA) is 112 Å². The van der Waals surface area contributed by atoms with Crippen LogP contribution < -0.4 is 10.3 Å². The minimum Gasteiger partial charge on any atom is -0.464 e. The van der Waals surface area contributed by atoms with Crippen LogP contribution >= 0.6 is 0 Å². The van der Waals surface area contributed by atoms with Crippen molar-refractivity contribution in [1.82, 2.24) is 18.9 Å². The number of ether oxygens (including phenoxy) is 2. The van der Waals surface area contributed by atoms with Gasteiger partial charge in [0.2, 0.25) is 23.1 Å². The molecule has 0 aliphatic carbocycles. The van der Waals surface area contributed by atoms with Gasteiger partial charge in [-0.2, -0.15) is 0 Å². The standard InChI is InChI=1S/C18H22N4O6/c1-11-4-6-20(7-5-11)13(24)10-21-8-9-22-16(25)15(28-12(2)23)14(17(26)27-3)19-18(21)22/h8-9,11H,4-7,10H2,1-3H3. The predicted octanol–water partition coefficient (Wildman–Crippen LogP) is 0.466. The van der Waals surface area contributed by atoms with E-state index >= 15 is 0 Å². The number of amides is 1. The maximum Gasteiger partial charge on any atom is 0.360 e. The number of carbonyl (C=O) groups excluding carboxylic acids is 3. The van der Waals surface area contributed by atoms with Gasteiger partial charge in [-0.25, -0.2) is 14.2 Å². The SMILES string of the molecule is COC(=O)c1nc2n(CC(=O)N3CCC(C)CC3)ccn2c(=O)c1OC(C)=O. The van der Waals surface area contributed by atoms with E-state index in [0.717, 1.165) is 31.3 Å². The average Bonchev–Trinajstić information content (AvgIpc) is 3.06.